The van der Waals surface area contributed by atoms with Gasteiger partial charge in [-0.3, -0.25) is 0 Å². The van der Waals surface area contributed by atoms with Crippen LogP contribution in [0, 0.1) is 0 Å². The number of aromatic nitrogens is 1. The van der Waals surface area contributed by atoms with Crippen LogP contribution in [0.2, 0.25) is 0 Å². The molecule has 0 bridgehead atoms. The molecule has 2 heteroatoms. The zero-order valence-electron chi connectivity index (χ0n) is 8.73. The number of aryl methyl sites for hydroxylation is 2. The quantitative estimate of drug-likeness (QED) is 0.688. The van der Waals surface area contributed by atoms with Crippen LogP contribution in [0.4, 0.5) is 0 Å². The van der Waals surface area contributed by atoms with E-state index < -0.39 is 0 Å². The first kappa shape index (κ1) is 8.60. The number of rotatable bonds is 1. The maximum atomic E-state index is 5.43. The largest absolute Gasteiger partial charge is 0.496 e. The molecule has 0 atom stereocenters. The number of hydrogen-bond acceptors (Lipinski definition) is 1. The summed E-state index contributed by atoms with van der Waals surface area (Å²) in [6.45, 7) is 1.07. The third kappa shape index (κ3) is 1.18. The first-order valence-corrected chi connectivity index (χ1v) is 5.21. The Labute approximate surface area is 89.1 Å². The summed E-state index contributed by atoms with van der Waals surface area (Å²) in [6, 6.07) is 10.5. The molecule has 0 amide bonds. The van der Waals surface area contributed by atoms with Crippen LogP contribution in [0.3, 0.4) is 0 Å². The monoisotopic (exact) mass is 199 g/mol. The summed E-state index contributed by atoms with van der Waals surface area (Å²) in [5.74, 6) is 0.979. The Kier molecular flexibility index (Phi) is 1.81. The van der Waals surface area contributed by atoms with Crippen LogP contribution in [-0.2, 0) is 13.0 Å². The Bertz CT molecular complexity index is 485. The third-order valence-corrected chi connectivity index (χ3v) is 3.04. The molecular weight excluding hydrogens is 186 g/mol. The molecule has 1 aromatic heterocycles. The van der Waals surface area contributed by atoms with Crippen molar-refractivity contribution in [2.45, 2.75) is 13.0 Å². The molecule has 0 saturated carbocycles. The Balaban J connectivity index is 2.29. The van der Waals surface area contributed by atoms with E-state index in [1.54, 1.807) is 7.11 Å². The summed E-state index contributed by atoms with van der Waals surface area (Å²) < 4.78 is 7.71. The van der Waals surface area contributed by atoms with Crippen LogP contribution >= 0.6 is 0 Å². The lowest BCUT2D eigenvalue weighted by molar-refractivity contribution is 0.414. The summed E-state index contributed by atoms with van der Waals surface area (Å²) in [5.41, 5.74) is 3.92. The molecule has 2 heterocycles. The molecule has 76 valence electrons. The van der Waals surface area contributed by atoms with E-state index in [0.717, 1.165) is 18.7 Å². The Hall–Kier alpha value is -1.70. The minimum absolute atomic E-state index is 0.979. The molecule has 0 aliphatic carbocycles. The highest BCUT2D eigenvalue weighted by atomic mass is 16.5. The summed E-state index contributed by atoms with van der Waals surface area (Å²) in [7, 11) is 1.73. The molecule has 0 spiro atoms. The van der Waals surface area contributed by atoms with Crippen molar-refractivity contribution in [3.05, 3.63) is 42.1 Å². The van der Waals surface area contributed by atoms with Crippen molar-refractivity contribution in [3.63, 3.8) is 0 Å². The minimum atomic E-state index is 0.979. The SMILES string of the molecule is COc1cccc2c1-c1cccn1CC2. The van der Waals surface area contributed by atoms with Gasteiger partial charge < -0.3 is 9.30 Å². The van der Waals surface area contributed by atoms with Crippen LogP contribution in [-0.4, -0.2) is 11.7 Å². The summed E-state index contributed by atoms with van der Waals surface area (Å²) in [4.78, 5) is 0. The van der Waals surface area contributed by atoms with E-state index in [1.807, 2.05) is 6.07 Å². The van der Waals surface area contributed by atoms with Gasteiger partial charge in [-0.15, -0.1) is 0 Å². The highest BCUT2D eigenvalue weighted by Crippen LogP contribution is 2.36. The molecule has 1 aromatic carbocycles. The van der Waals surface area contributed by atoms with Crippen LogP contribution in [0.15, 0.2) is 36.5 Å². The van der Waals surface area contributed by atoms with E-state index in [-0.39, 0.29) is 0 Å². The molecule has 0 unspecified atom stereocenters. The van der Waals surface area contributed by atoms with Crippen LogP contribution < -0.4 is 4.74 Å². The highest BCUT2D eigenvalue weighted by molar-refractivity contribution is 5.73. The predicted molar refractivity (Wildman–Crippen MR) is 60.1 cm³/mol. The van der Waals surface area contributed by atoms with E-state index in [1.165, 1.54) is 16.8 Å². The van der Waals surface area contributed by atoms with Gasteiger partial charge >= 0.3 is 0 Å². The molecule has 0 saturated heterocycles. The van der Waals surface area contributed by atoms with E-state index in [9.17, 15) is 0 Å². The average Bonchev–Trinajstić information content (AvgIpc) is 2.76. The Morgan fingerprint density at radius 2 is 2.13 bits per heavy atom. The van der Waals surface area contributed by atoms with Gasteiger partial charge in [0.1, 0.15) is 5.75 Å². The Morgan fingerprint density at radius 3 is 3.00 bits per heavy atom. The molecule has 2 aromatic rings. The third-order valence-electron chi connectivity index (χ3n) is 3.04. The summed E-state index contributed by atoms with van der Waals surface area (Å²) in [5, 5.41) is 0. The van der Waals surface area contributed by atoms with Crippen molar-refractivity contribution in [3.8, 4) is 17.0 Å². The van der Waals surface area contributed by atoms with E-state index >= 15 is 0 Å². The second-order valence-corrected chi connectivity index (χ2v) is 3.83. The van der Waals surface area contributed by atoms with Gasteiger partial charge in [-0.05, 0) is 30.2 Å². The number of benzene rings is 1. The molecule has 15 heavy (non-hydrogen) atoms. The fourth-order valence-corrected chi connectivity index (χ4v) is 2.32. The second kappa shape index (κ2) is 3.16. The van der Waals surface area contributed by atoms with Gasteiger partial charge in [0, 0.05) is 18.3 Å². The van der Waals surface area contributed by atoms with Crippen LogP contribution in [0.25, 0.3) is 11.3 Å². The summed E-state index contributed by atoms with van der Waals surface area (Å²) >= 11 is 0. The zero-order valence-corrected chi connectivity index (χ0v) is 8.73. The van der Waals surface area contributed by atoms with Crippen LogP contribution in [0.5, 0.6) is 5.75 Å². The maximum Gasteiger partial charge on any atom is 0.128 e. The predicted octanol–water partition coefficient (Wildman–Crippen LogP) is 2.72. The number of methoxy groups -OCH3 is 1. The molecule has 0 fully saturated rings. The lowest BCUT2D eigenvalue weighted by Crippen LogP contribution is -2.10. The first-order valence-electron chi connectivity index (χ1n) is 5.21. The van der Waals surface area contributed by atoms with Gasteiger partial charge in [0.15, 0.2) is 0 Å². The van der Waals surface area contributed by atoms with Gasteiger partial charge in [0.2, 0.25) is 0 Å². The lowest BCUT2D eigenvalue weighted by Gasteiger charge is -2.21. The van der Waals surface area contributed by atoms with Gasteiger partial charge in [-0.2, -0.15) is 0 Å². The van der Waals surface area contributed by atoms with Crippen molar-refractivity contribution >= 4 is 0 Å². The van der Waals surface area contributed by atoms with Crippen LogP contribution in [0.1, 0.15) is 5.56 Å². The van der Waals surface area contributed by atoms with Crippen molar-refractivity contribution in [1.82, 2.24) is 4.57 Å². The average molecular weight is 199 g/mol. The smallest absolute Gasteiger partial charge is 0.128 e. The molecule has 1 aliphatic rings. The minimum Gasteiger partial charge on any atom is -0.496 e. The molecule has 1 aliphatic heterocycles. The van der Waals surface area contributed by atoms with Crippen molar-refractivity contribution in [2.75, 3.05) is 7.11 Å². The first-order chi connectivity index (χ1) is 7.40. The lowest BCUT2D eigenvalue weighted by atomic mass is 9.98. The normalized spacial score (nSPS) is 13.1. The number of fused-ring (bicyclic) bond motifs is 3. The highest BCUT2D eigenvalue weighted by Gasteiger charge is 2.18. The molecule has 0 radical (unpaired) electrons. The Morgan fingerprint density at radius 1 is 1.20 bits per heavy atom. The van der Waals surface area contributed by atoms with Crippen molar-refractivity contribution in [1.29, 1.82) is 0 Å². The molecule has 0 N–H and O–H groups in total. The topological polar surface area (TPSA) is 14.2 Å². The van der Waals surface area contributed by atoms with Gasteiger partial charge in [-0.1, -0.05) is 12.1 Å². The maximum absolute atomic E-state index is 5.43. The zero-order chi connectivity index (χ0) is 10.3. The van der Waals surface area contributed by atoms with E-state index in [0.29, 0.717) is 0 Å². The van der Waals surface area contributed by atoms with Crippen molar-refractivity contribution < 1.29 is 4.74 Å². The number of ether oxygens (including phenoxy) is 1. The summed E-state index contributed by atoms with van der Waals surface area (Å²) in [6.07, 6.45) is 3.22. The molecule has 3 rings (SSSR count). The number of nitrogens with zero attached hydrogens (tertiary/aromatic N) is 1. The number of hydrogen-bond donors (Lipinski definition) is 0. The van der Waals surface area contributed by atoms with Gasteiger partial charge in [-0.25, -0.2) is 0 Å². The van der Waals surface area contributed by atoms with Crippen molar-refractivity contribution in [2.24, 2.45) is 0 Å². The van der Waals surface area contributed by atoms with Gasteiger partial charge in [0.25, 0.3) is 0 Å². The van der Waals surface area contributed by atoms with Gasteiger partial charge in [0.05, 0.1) is 12.8 Å². The fourth-order valence-electron chi connectivity index (χ4n) is 2.32. The second-order valence-electron chi connectivity index (χ2n) is 3.83. The standard InChI is InChI=1S/C13H13NO/c1-15-12-6-2-4-10-7-9-14-8-3-5-11(14)13(10)12/h2-6,8H,7,9H2,1H3. The molecule has 2 nitrogen and oxygen atoms in total. The van der Waals surface area contributed by atoms with E-state index in [2.05, 4.69) is 35.0 Å². The molecular formula is C13H13NO. The van der Waals surface area contributed by atoms with E-state index in [4.69, 9.17) is 4.74 Å². The fraction of sp³-hybridized carbons (Fsp3) is 0.231.